The molecule has 0 saturated heterocycles. The Morgan fingerprint density at radius 1 is 1.07 bits per heavy atom. The zero-order valence-corrected chi connectivity index (χ0v) is 16.7. The molecule has 0 fully saturated rings. The Kier molecular flexibility index (Phi) is 5.38. The van der Waals surface area contributed by atoms with Crippen LogP contribution in [0.2, 0.25) is 0 Å². The van der Waals surface area contributed by atoms with Crippen LogP contribution in [0.25, 0.3) is 0 Å². The lowest BCUT2D eigenvalue weighted by molar-refractivity contribution is -0.146. The summed E-state index contributed by atoms with van der Waals surface area (Å²) in [7, 11) is 0. The van der Waals surface area contributed by atoms with Crippen molar-refractivity contribution in [1.82, 2.24) is 4.98 Å². The Labute approximate surface area is 170 Å². The first kappa shape index (κ1) is 19.2. The molecule has 29 heavy (non-hydrogen) atoms. The van der Waals surface area contributed by atoms with Crippen LogP contribution in [0.5, 0.6) is 0 Å². The van der Waals surface area contributed by atoms with Crippen molar-refractivity contribution in [2.45, 2.75) is 38.5 Å². The molecule has 0 saturated carbocycles. The number of Topliss-reactive ketones (excluding diaryl/α,β-unsaturated/α-hetero) is 1. The highest BCUT2D eigenvalue weighted by molar-refractivity contribution is 6.09. The predicted molar refractivity (Wildman–Crippen MR) is 111 cm³/mol. The molecular weight excluding hydrogens is 364 g/mol. The van der Waals surface area contributed by atoms with Crippen molar-refractivity contribution >= 4 is 17.5 Å². The third-order valence-corrected chi connectivity index (χ3v) is 5.77. The number of rotatable bonds is 4. The molecule has 0 N–H and O–H groups in total. The molecule has 4 rings (SSSR count). The van der Waals surface area contributed by atoms with Crippen LogP contribution in [0.3, 0.4) is 0 Å². The fourth-order valence-corrected chi connectivity index (χ4v) is 4.49. The number of carbonyl (C=O) groups is 2. The van der Waals surface area contributed by atoms with Gasteiger partial charge in [-0.15, -0.1) is 0 Å². The van der Waals surface area contributed by atoms with Crippen molar-refractivity contribution in [3.05, 3.63) is 77.3 Å². The number of allylic oxidation sites excluding steroid dienone is 2. The van der Waals surface area contributed by atoms with Crippen LogP contribution in [0.1, 0.15) is 49.7 Å². The second-order valence-electron chi connectivity index (χ2n) is 7.54. The van der Waals surface area contributed by atoms with Gasteiger partial charge in [-0.05, 0) is 49.4 Å². The van der Waals surface area contributed by atoms with Crippen LogP contribution in [0.4, 0.5) is 0 Å². The number of hydrogen-bond donors (Lipinski definition) is 0. The van der Waals surface area contributed by atoms with Crippen molar-refractivity contribution in [1.29, 1.82) is 0 Å². The van der Waals surface area contributed by atoms with E-state index in [1.807, 2.05) is 37.3 Å². The molecule has 1 aromatic carbocycles. The van der Waals surface area contributed by atoms with Gasteiger partial charge in [-0.3, -0.25) is 19.6 Å². The highest BCUT2D eigenvalue weighted by Gasteiger charge is 2.44. The summed E-state index contributed by atoms with van der Waals surface area (Å²) >= 11 is 0. The first-order valence-corrected chi connectivity index (χ1v) is 10.0. The van der Waals surface area contributed by atoms with Gasteiger partial charge in [-0.25, -0.2) is 0 Å². The molecule has 0 amide bonds. The van der Waals surface area contributed by atoms with Crippen LogP contribution in [0.15, 0.2) is 71.1 Å². The summed E-state index contributed by atoms with van der Waals surface area (Å²) < 4.78 is 5.34. The zero-order valence-electron chi connectivity index (χ0n) is 16.7. The van der Waals surface area contributed by atoms with Crippen molar-refractivity contribution in [3.8, 4) is 0 Å². The van der Waals surface area contributed by atoms with Gasteiger partial charge in [0.2, 0.25) is 0 Å². The van der Waals surface area contributed by atoms with Crippen molar-refractivity contribution < 1.29 is 14.3 Å². The van der Waals surface area contributed by atoms with Gasteiger partial charge >= 0.3 is 5.97 Å². The number of ether oxygens (including phenoxy) is 1. The van der Waals surface area contributed by atoms with Gasteiger partial charge in [0.1, 0.15) is 5.92 Å². The molecule has 5 nitrogen and oxygen atoms in total. The Morgan fingerprint density at radius 3 is 2.48 bits per heavy atom. The Morgan fingerprint density at radius 2 is 1.79 bits per heavy atom. The standard InChI is InChI=1S/C24H24N2O3/c1-3-29-24(28)21-15(2)26-19-13-18(16-7-5-4-6-8-16)14-20(27)23(19)22(21)17-9-11-25-12-10-17/h4-12,18,21-22H,3,13-14H2,1-2H3/t18-,21?,22+/m0/s1. The maximum absolute atomic E-state index is 13.3. The maximum atomic E-state index is 13.3. The monoisotopic (exact) mass is 388 g/mol. The van der Waals surface area contributed by atoms with E-state index in [-0.39, 0.29) is 23.6 Å². The highest BCUT2D eigenvalue weighted by atomic mass is 16.5. The van der Waals surface area contributed by atoms with Crippen LogP contribution in [-0.4, -0.2) is 29.1 Å². The van der Waals surface area contributed by atoms with E-state index in [1.165, 1.54) is 0 Å². The summed E-state index contributed by atoms with van der Waals surface area (Å²) in [5, 5.41) is 0. The van der Waals surface area contributed by atoms with Gasteiger partial charge in [0.15, 0.2) is 5.78 Å². The normalized spacial score (nSPS) is 24.0. The molecule has 0 bridgehead atoms. The molecular formula is C24H24N2O3. The lowest BCUT2D eigenvalue weighted by Crippen LogP contribution is -2.38. The van der Waals surface area contributed by atoms with Crippen LogP contribution in [-0.2, 0) is 14.3 Å². The van der Waals surface area contributed by atoms with Crippen molar-refractivity contribution in [2.75, 3.05) is 6.61 Å². The van der Waals surface area contributed by atoms with Gasteiger partial charge < -0.3 is 4.74 Å². The highest BCUT2D eigenvalue weighted by Crippen LogP contribution is 2.46. The summed E-state index contributed by atoms with van der Waals surface area (Å²) in [6.45, 7) is 3.94. The smallest absolute Gasteiger partial charge is 0.315 e. The summed E-state index contributed by atoms with van der Waals surface area (Å²) in [4.78, 5) is 35.0. The number of ketones is 1. The molecule has 2 heterocycles. The number of pyridine rings is 1. The van der Waals surface area contributed by atoms with Crippen LogP contribution < -0.4 is 0 Å². The number of carbonyl (C=O) groups excluding carboxylic acids is 2. The van der Waals surface area contributed by atoms with E-state index in [2.05, 4.69) is 17.1 Å². The molecule has 0 radical (unpaired) electrons. The Balaban J connectivity index is 1.79. The van der Waals surface area contributed by atoms with Crippen LogP contribution in [0, 0.1) is 5.92 Å². The van der Waals surface area contributed by atoms with Crippen LogP contribution >= 0.6 is 0 Å². The van der Waals surface area contributed by atoms with E-state index in [0.29, 0.717) is 30.7 Å². The first-order valence-electron chi connectivity index (χ1n) is 10.0. The Hall–Kier alpha value is -3.08. The molecule has 1 aliphatic heterocycles. The zero-order chi connectivity index (χ0) is 20.4. The Bertz CT molecular complexity index is 980. The number of esters is 1. The summed E-state index contributed by atoms with van der Waals surface area (Å²) in [6.07, 6.45) is 4.51. The summed E-state index contributed by atoms with van der Waals surface area (Å²) in [6, 6.07) is 13.8. The summed E-state index contributed by atoms with van der Waals surface area (Å²) in [5.74, 6) is -1.13. The SMILES string of the molecule is CCOC(=O)C1C(C)=NC2=C(C(=O)C[C@@H](c3ccccc3)C2)[C@@H]1c1ccncc1. The second-order valence-corrected chi connectivity index (χ2v) is 7.54. The molecule has 1 aliphatic carbocycles. The molecule has 2 aliphatic rings. The van der Waals surface area contributed by atoms with E-state index < -0.39 is 5.92 Å². The van der Waals surface area contributed by atoms with E-state index in [4.69, 9.17) is 9.73 Å². The lowest BCUT2D eigenvalue weighted by Gasteiger charge is -2.36. The first-order chi connectivity index (χ1) is 14.1. The van der Waals surface area contributed by atoms with E-state index >= 15 is 0 Å². The number of hydrogen-bond acceptors (Lipinski definition) is 5. The quantitative estimate of drug-likeness (QED) is 0.736. The maximum Gasteiger partial charge on any atom is 0.315 e. The predicted octanol–water partition coefficient (Wildman–Crippen LogP) is 4.22. The molecule has 0 spiro atoms. The lowest BCUT2D eigenvalue weighted by atomic mass is 9.69. The number of aromatic nitrogens is 1. The summed E-state index contributed by atoms with van der Waals surface area (Å²) in [5.41, 5.74) is 4.20. The minimum absolute atomic E-state index is 0.0625. The van der Waals surface area contributed by atoms with E-state index in [1.54, 1.807) is 19.3 Å². The molecule has 3 atom stereocenters. The molecule has 1 unspecified atom stereocenters. The van der Waals surface area contributed by atoms with E-state index in [9.17, 15) is 9.59 Å². The fraction of sp³-hybridized carbons (Fsp3) is 0.333. The van der Waals surface area contributed by atoms with Gasteiger partial charge in [0.05, 0.1) is 6.61 Å². The van der Waals surface area contributed by atoms with Gasteiger partial charge in [0, 0.05) is 41.7 Å². The van der Waals surface area contributed by atoms with Crippen molar-refractivity contribution in [2.24, 2.45) is 10.9 Å². The second kappa shape index (κ2) is 8.11. The number of benzene rings is 1. The third-order valence-electron chi connectivity index (χ3n) is 5.77. The largest absolute Gasteiger partial charge is 0.465 e. The van der Waals surface area contributed by atoms with Gasteiger partial charge in [0.25, 0.3) is 0 Å². The van der Waals surface area contributed by atoms with Gasteiger partial charge in [-0.1, -0.05) is 30.3 Å². The third kappa shape index (κ3) is 3.65. The minimum Gasteiger partial charge on any atom is -0.465 e. The molecule has 1 aromatic heterocycles. The van der Waals surface area contributed by atoms with E-state index in [0.717, 1.165) is 16.8 Å². The average molecular weight is 388 g/mol. The number of nitrogens with zero attached hydrogens (tertiary/aromatic N) is 2. The topological polar surface area (TPSA) is 68.6 Å². The molecule has 2 aromatic rings. The fourth-order valence-electron chi connectivity index (χ4n) is 4.49. The number of aliphatic imine (C=N–C) groups is 1. The molecule has 148 valence electrons. The van der Waals surface area contributed by atoms with Gasteiger partial charge in [-0.2, -0.15) is 0 Å². The van der Waals surface area contributed by atoms with Crippen molar-refractivity contribution in [3.63, 3.8) is 0 Å². The minimum atomic E-state index is -0.590. The average Bonchev–Trinajstić information content (AvgIpc) is 2.74. The molecule has 5 heteroatoms.